The summed E-state index contributed by atoms with van der Waals surface area (Å²) in [6.07, 6.45) is 4.81. The van der Waals surface area contributed by atoms with Crippen LogP contribution in [-0.4, -0.2) is 36.2 Å². The zero-order valence-corrected chi connectivity index (χ0v) is 23.5. The highest BCUT2D eigenvalue weighted by atomic mass is 16.5. The third-order valence-electron chi connectivity index (χ3n) is 7.95. The second-order valence-electron chi connectivity index (χ2n) is 11.0. The van der Waals surface area contributed by atoms with E-state index in [-0.39, 0.29) is 18.7 Å². The van der Waals surface area contributed by atoms with Gasteiger partial charge in [-0.05, 0) is 44.6 Å². The number of rotatable bonds is 11. The fourth-order valence-corrected chi connectivity index (χ4v) is 5.61. The van der Waals surface area contributed by atoms with Gasteiger partial charge < -0.3 is 15.6 Å². The first-order chi connectivity index (χ1) is 19.6. The van der Waals surface area contributed by atoms with Crippen LogP contribution in [0.4, 0.5) is 0 Å². The van der Waals surface area contributed by atoms with E-state index < -0.39 is 45.7 Å². The van der Waals surface area contributed by atoms with Gasteiger partial charge in [-0.3, -0.25) is 33.7 Å². The number of aromatic hydroxyl groups is 1. The van der Waals surface area contributed by atoms with Gasteiger partial charge in [0.15, 0.2) is 0 Å². The minimum absolute atomic E-state index is 0.195. The molecule has 2 aromatic heterocycles. The summed E-state index contributed by atoms with van der Waals surface area (Å²) in [6.45, 7) is 4.77. The first kappa shape index (κ1) is 29.8. The van der Waals surface area contributed by atoms with E-state index in [4.69, 9.17) is 15.9 Å². The van der Waals surface area contributed by atoms with Crippen LogP contribution in [0.2, 0.25) is 0 Å². The quantitative estimate of drug-likeness (QED) is 0.202. The number of aryl methyl sites for hydroxylation is 1. The maximum absolute atomic E-state index is 13.4. The van der Waals surface area contributed by atoms with Gasteiger partial charge in [0.05, 0.1) is 13.2 Å². The summed E-state index contributed by atoms with van der Waals surface area (Å²) in [7, 11) is 0. The highest BCUT2D eigenvalue weighted by molar-refractivity contribution is 5.96. The number of benzene rings is 1. The number of nitrogens with zero attached hydrogens (tertiary/aromatic N) is 3. The zero-order valence-electron chi connectivity index (χ0n) is 23.5. The van der Waals surface area contributed by atoms with Crippen LogP contribution >= 0.6 is 0 Å². The molecule has 3 aromatic rings. The van der Waals surface area contributed by atoms with Crippen LogP contribution < -0.4 is 28.2 Å². The van der Waals surface area contributed by atoms with Crippen LogP contribution in [-0.2, 0) is 24.4 Å². The number of nitrogens with one attached hydrogen (secondary N) is 2. The number of ether oxygens (including phenoxy) is 1. The van der Waals surface area contributed by atoms with Crippen molar-refractivity contribution in [2.24, 2.45) is 11.1 Å². The Balaban J connectivity index is 1.65. The Morgan fingerprint density at radius 2 is 1.85 bits per heavy atom. The SMILES string of the molecule is CCCCn1c(O)c(C(=N)N)c(=O)n(C2CCC(COCc3ccccc3)(Cn3cc(C)c(=O)[nH]c3=O)CC2)c1=O. The number of H-pyrrole nitrogens is 1. The molecule has 0 radical (unpaired) electrons. The zero-order chi connectivity index (χ0) is 29.7. The molecule has 4 rings (SSSR count). The van der Waals surface area contributed by atoms with Crippen molar-refractivity contribution in [1.29, 1.82) is 5.41 Å². The summed E-state index contributed by atoms with van der Waals surface area (Å²) in [4.78, 5) is 53.7. The van der Waals surface area contributed by atoms with Gasteiger partial charge >= 0.3 is 11.4 Å². The number of hydrogen-bond donors (Lipinski definition) is 4. The van der Waals surface area contributed by atoms with Gasteiger partial charge in [-0.15, -0.1) is 0 Å². The Morgan fingerprint density at radius 1 is 1.17 bits per heavy atom. The van der Waals surface area contributed by atoms with Crippen LogP contribution in [0.5, 0.6) is 5.88 Å². The fourth-order valence-electron chi connectivity index (χ4n) is 5.61. The van der Waals surface area contributed by atoms with Crippen LogP contribution in [0.3, 0.4) is 0 Å². The molecule has 1 saturated carbocycles. The molecule has 2 heterocycles. The Hall–Kier alpha value is -4.19. The molecule has 12 nitrogen and oxygen atoms in total. The molecule has 0 spiro atoms. The lowest BCUT2D eigenvalue weighted by atomic mass is 9.72. The predicted octanol–water partition coefficient (Wildman–Crippen LogP) is 1.98. The minimum atomic E-state index is -0.780. The number of nitrogens with two attached hydrogens (primary N) is 1. The highest BCUT2D eigenvalue weighted by Crippen LogP contribution is 2.42. The lowest BCUT2D eigenvalue weighted by molar-refractivity contribution is -0.00844. The third-order valence-corrected chi connectivity index (χ3v) is 7.95. The molecule has 0 aliphatic heterocycles. The van der Waals surface area contributed by atoms with Gasteiger partial charge in [0, 0.05) is 36.3 Å². The molecule has 0 bridgehead atoms. The third kappa shape index (κ3) is 6.43. The van der Waals surface area contributed by atoms with E-state index in [0.717, 1.165) is 21.1 Å². The van der Waals surface area contributed by atoms with Crippen LogP contribution in [0.15, 0.2) is 55.7 Å². The van der Waals surface area contributed by atoms with E-state index in [2.05, 4.69) is 4.98 Å². The number of hydrogen-bond acceptors (Lipinski definition) is 7. The summed E-state index contributed by atoms with van der Waals surface area (Å²) in [5.41, 5.74) is 3.84. The molecule has 0 saturated heterocycles. The number of aromatic nitrogens is 4. The van der Waals surface area contributed by atoms with Gasteiger partial charge in [0.25, 0.3) is 11.1 Å². The summed E-state index contributed by atoms with van der Waals surface area (Å²) in [5.74, 6) is -1.18. The van der Waals surface area contributed by atoms with E-state index in [1.807, 2.05) is 37.3 Å². The molecule has 0 unspecified atom stereocenters. The summed E-state index contributed by atoms with van der Waals surface area (Å²) in [6, 6.07) is 9.23. The molecule has 12 heteroatoms. The number of nitrogen functional groups attached to an aromatic ring is 1. The van der Waals surface area contributed by atoms with Crippen molar-refractivity contribution in [3.8, 4) is 5.88 Å². The second-order valence-corrected chi connectivity index (χ2v) is 11.0. The predicted molar refractivity (Wildman–Crippen MR) is 155 cm³/mol. The Labute approximate surface area is 236 Å². The molecule has 0 atom stereocenters. The van der Waals surface area contributed by atoms with Gasteiger partial charge in [-0.1, -0.05) is 43.7 Å². The maximum atomic E-state index is 13.4. The van der Waals surface area contributed by atoms with Crippen molar-refractivity contribution in [1.82, 2.24) is 18.7 Å². The standard InChI is InChI=1S/C29H38N6O6/c1-3-4-14-34-25(37)22(23(30)31)26(38)35(28(34)40)21-10-12-29(13-11-21,18-41-16-20-8-6-5-7-9-20)17-33-15-19(2)24(36)32-27(33)39/h5-9,15,21,37H,3-4,10-14,16-18H2,1-2H3,(H3,30,31)(H,32,36,39). The van der Waals surface area contributed by atoms with E-state index >= 15 is 0 Å². The molecule has 220 valence electrons. The Kier molecular flexibility index (Phi) is 9.11. The van der Waals surface area contributed by atoms with Crippen molar-refractivity contribution in [3.05, 3.63) is 94.9 Å². The van der Waals surface area contributed by atoms with E-state index in [9.17, 15) is 24.3 Å². The molecule has 1 aliphatic carbocycles. The summed E-state index contributed by atoms with van der Waals surface area (Å²) in [5, 5.41) is 18.5. The molecule has 41 heavy (non-hydrogen) atoms. The average Bonchev–Trinajstić information content (AvgIpc) is 2.93. The molecule has 1 fully saturated rings. The van der Waals surface area contributed by atoms with Crippen molar-refractivity contribution in [3.63, 3.8) is 0 Å². The lowest BCUT2D eigenvalue weighted by Crippen LogP contribution is -2.48. The smallest absolute Gasteiger partial charge is 0.334 e. The summed E-state index contributed by atoms with van der Waals surface area (Å²) < 4.78 is 9.88. The van der Waals surface area contributed by atoms with Crippen molar-refractivity contribution in [2.45, 2.75) is 78.1 Å². The largest absolute Gasteiger partial charge is 0.494 e. The molecule has 5 N–H and O–H groups in total. The van der Waals surface area contributed by atoms with Gasteiger partial charge in [-0.2, -0.15) is 0 Å². The van der Waals surface area contributed by atoms with Crippen molar-refractivity contribution in [2.75, 3.05) is 6.61 Å². The first-order valence-electron chi connectivity index (χ1n) is 13.9. The van der Waals surface area contributed by atoms with Gasteiger partial charge in [-0.25, -0.2) is 9.59 Å². The molecule has 1 aliphatic rings. The monoisotopic (exact) mass is 566 g/mol. The van der Waals surface area contributed by atoms with E-state index in [1.165, 1.54) is 4.57 Å². The number of unbranched alkanes of at least 4 members (excludes halogenated alkanes) is 1. The highest BCUT2D eigenvalue weighted by Gasteiger charge is 2.38. The maximum Gasteiger partial charge on any atom is 0.334 e. The second kappa shape index (κ2) is 12.5. The first-order valence-corrected chi connectivity index (χ1v) is 13.9. The van der Waals surface area contributed by atoms with Crippen LogP contribution in [0.1, 0.15) is 68.2 Å². The molecule has 0 amide bonds. The average molecular weight is 567 g/mol. The van der Waals surface area contributed by atoms with Gasteiger partial charge in [0.1, 0.15) is 11.4 Å². The Morgan fingerprint density at radius 3 is 2.49 bits per heavy atom. The van der Waals surface area contributed by atoms with Crippen molar-refractivity contribution < 1.29 is 9.84 Å². The molecule has 1 aromatic carbocycles. The Bertz CT molecular complexity index is 1630. The van der Waals surface area contributed by atoms with Gasteiger partial charge in [0.2, 0.25) is 5.88 Å². The number of aromatic amines is 1. The van der Waals surface area contributed by atoms with E-state index in [1.54, 1.807) is 13.1 Å². The normalized spacial score (nSPS) is 18.8. The topological polar surface area (TPSA) is 178 Å². The molecular formula is C29H38N6O6. The summed E-state index contributed by atoms with van der Waals surface area (Å²) >= 11 is 0. The fraction of sp³-hybridized carbons (Fsp3) is 0.483. The van der Waals surface area contributed by atoms with Crippen LogP contribution in [0, 0.1) is 17.7 Å². The number of amidine groups is 1. The minimum Gasteiger partial charge on any atom is -0.494 e. The molecular weight excluding hydrogens is 528 g/mol. The van der Waals surface area contributed by atoms with Crippen molar-refractivity contribution >= 4 is 5.84 Å². The van der Waals surface area contributed by atoms with Crippen LogP contribution in [0.25, 0.3) is 0 Å². The van der Waals surface area contributed by atoms with E-state index in [0.29, 0.717) is 50.9 Å². The lowest BCUT2D eigenvalue weighted by Gasteiger charge is -2.40.